The van der Waals surface area contributed by atoms with Crippen LogP contribution in [-0.2, 0) is 13.1 Å². The Morgan fingerprint density at radius 1 is 0.762 bits per heavy atom. The monoisotopic (exact) mass is 277 g/mol. The quantitative estimate of drug-likeness (QED) is 0.703. The van der Waals surface area contributed by atoms with Gasteiger partial charge in [0.2, 0.25) is 0 Å². The van der Waals surface area contributed by atoms with Crippen LogP contribution in [0.3, 0.4) is 0 Å². The average molecular weight is 277 g/mol. The molecule has 0 aliphatic heterocycles. The molecule has 21 heavy (non-hydrogen) atoms. The maximum Gasteiger partial charge on any atom is 0.0607 e. The van der Waals surface area contributed by atoms with Crippen LogP contribution in [0.4, 0.5) is 0 Å². The molecule has 0 aromatic heterocycles. The molecule has 2 aromatic rings. The summed E-state index contributed by atoms with van der Waals surface area (Å²) in [4.78, 5) is 2.40. The molecule has 0 fully saturated rings. The van der Waals surface area contributed by atoms with Gasteiger partial charge in [-0.25, -0.2) is 0 Å². The van der Waals surface area contributed by atoms with Crippen LogP contribution < -0.4 is 0 Å². The first-order valence-electron chi connectivity index (χ1n) is 7.64. The lowest BCUT2D eigenvalue weighted by Gasteiger charge is -2.20. The summed E-state index contributed by atoms with van der Waals surface area (Å²) in [5.74, 6) is 6.55. The molecule has 0 radical (unpaired) electrons. The van der Waals surface area contributed by atoms with Gasteiger partial charge in [-0.2, -0.15) is 0 Å². The van der Waals surface area contributed by atoms with Crippen LogP contribution in [0.2, 0.25) is 0 Å². The van der Waals surface area contributed by atoms with Crippen LogP contribution in [0.1, 0.15) is 30.9 Å². The summed E-state index contributed by atoms with van der Waals surface area (Å²) in [6, 6.07) is 21.2. The zero-order valence-corrected chi connectivity index (χ0v) is 12.8. The second kappa shape index (κ2) is 9.00. The molecule has 2 rings (SSSR count). The standard InChI is InChI=1S/C20H23N/c1-2-3-4-11-16-21(17-19-12-7-5-8-13-19)18-20-14-9-6-10-15-20/h5-10,12-15H,2-3,16-18H2,1H3. The molecule has 0 saturated carbocycles. The molecule has 0 aliphatic rings. The van der Waals surface area contributed by atoms with Crippen LogP contribution >= 0.6 is 0 Å². The summed E-state index contributed by atoms with van der Waals surface area (Å²) in [7, 11) is 0. The van der Waals surface area contributed by atoms with E-state index in [0.717, 1.165) is 32.5 Å². The first-order chi connectivity index (χ1) is 10.4. The van der Waals surface area contributed by atoms with Gasteiger partial charge in [0.05, 0.1) is 6.54 Å². The number of benzene rings is 2. The SMILES string of the molecule is CCCC#CCN(Cc1ccccc1)Cc1ccccc1. The number of nitrogens with zero attached hydrogens (tertiary/aromatic N) is 1. The Hall–Kier alpha value is -2.04. The number of hydrogen-bond acceptors (Lipinski definition) is 1. The van der Waals surface area contributed by atoms with E-state index in [2.05, 4.69) is 84.3 Å². The van der Waals surface area contributed by atoms with Gasteiger partial charge in [-0.1, -0.05) is 73.5 Å². The fraction of sp³-hybridized carbons (Fsp3) is 0.300. The molecule has 0 saturated heterocycles. The van der Waals surface area contributed by atoms with Crippen LogP contribution in [0.5, 0.6) is 0 Å². The molecule has 108 valence electrons. The van der Waals surface area contributed by atoms with E-state index in [4.69, 9.17) is 0 Å². The first kappa shape index (κ1) is 15.4. The van der Waals surface area contributed by atoms with E-state index >= 15 is 0 Å². The molecule has 1 heteroatoms. The van der Waals surface area contributed by atoms with Gasteiger partial charge < -0.3 is 0 Å². The molecule has 0 N–H and O–H groups in total. The molecule has 0 unspecified atom stereocenters. The minimum absolute atomic E-state index is 0.823. The molecule has 0 amide bonds. The highest BCUT2D eigenvalue weighted by molar-refractivity contribution is 5.17. The highest BCUT2D eigenvalue weighted by Gasteiger charge is 2.05. The van der Waals surface area contributed by atoms with E-state index in [1.54, 1.807) is 0 Å². The molecule has 2 aromatic carbocycles. The van der Waals surface area contributed by atoms with Gasteiger partial charge in [0.25, 0.3) is 0 Å². The summed E-state index contributed by atoms with van der Waals surface area (Å²) in [6.45, 7) is 4.87. The average Bonchev–Trinajstić information content (AvgIpc) is 2.53. The molecule has 0 atom stereocenters. The van der Waals surface area contributed by atoms with Crippen molar-refractivity contribution in [3.05, 3.63) is 71.8 Å². The van der Waals surface area contributed by atoms with Crippen molar-refractivity contribution < 1.29 is 0 Å². The van der Waals surface area contributed by atoms with E-state index in [9.17, 15) is 0 Å². The Morgan fingerprint density at radius 3 is 1.76 bits per heavy atom. The van der Waals surface area contributed by atoms with Gasteiger partial charge in [0.1, 0.15) is 0 Å². The van der Waals surface area contributed by atoms with Crippen molar-refractivity contribution in [1.29, 1.82) is 0 Å². The van der Waals surface area contributed by atoms with Crippen LogP contribution in [0.25, 0.3) is 0 Å². The van der Waals surface area contributed by atoms with Crippen molar-refractivity contribution in [1.82, 2.24) is 4.90 Å². The lowest BCUT2D eigenvalue weighted by atomic mass is 10.1. The van der Waals surface area contributed by atoms with Crippen LogP contribution in [0, 0.1) is 11.8 Å². The van der Waals surface area contributed by atoms with Crippen molar-refractivity contribution in [3.8, 4) is 11.8 Å². The summed E-state index contributed by atoms with van der Waals surface area (Å²) in [5.41, 5.74) is 2.68. The molecule has 1 nitrogen and oxygen atoms in total. The number of hydrogen-bond donors (Lipinski definition) is 0. The lowest BCUT2D eigenvalue weighted by Crippen LogP contribution is -2.23. The maximum atomic E-state index is 3.30. The topological polar surface area (TPSA) is 3.24 Å². The molecule has 0 aliphatic carbocycles. The van der Waals surface area contributed by atoms with Gasteiger partial charge in [-0.15, -0.1) is 5.92 Å². The Kier molecular flexibility index (Phi) is 6.58. The Labute approximate surface area is 128 Å². The predicted molar refractivity (Wildman–Crippen MR) is 89.7 cm³/mol. The first-order valence-corrected chi connectivity index (χ1v) is 7.64. The summed E-state index contributed by atoms with van der Waals surface area (Å²) >= 11 is 0. The molecular weight excluding hydrogens is 254 g/mol. The molecular formula is C20H23N. The van der Waals surface area contributed by atoms with Gasteiger partial charge in [0, 0.05) is 19.5 Å². The van der Waals surface area contributed by atoms with E-state index in [1.807, 2.05) is 0 Å². The van der Waals surface area contributed by atoms with Crippen molar-refractivity contribution >= 4 is 0 Å². The zero-order valence-electron chi connectivity index (χ0n) is 12.8. The van der Waals surface area contributed by atoms with Crippen LogP contribution in [-0.4, -0.2) is 11.4 Å². The Morgan fingerprint density at radius 2 is 1.29 bits per heavy atom. The van der Waals surface area contributed by atoms with Crippen molar-refractivity contribution in [2.45, 2.75) is 32.9 Å². The smallest absolute Gasteiger partial charge is 0.0607 e. The molecule has 0 spiro atoms. The minimum Gasteiger partial charge on any atom is -0.284 e. The zero-order chi connectivity index (χ0) is 14.8. The highest BCUT2D eigenvalue weighted by atomic mass is 15.1. The lowest BCUT2D eigenvalue weighted by molar-refractivity contribution is 0.290. The fourth-order valence-corrected chi connectivity index (χ4v) is 2.23. The maximum absolute atomic E-state index is 3.30. The van der Waals surface area contributed by atoms with E-state index in [-0.39, 0.29) is 0 Å². The third kappa shape index (κ3) is 5.85. The number of rotatable bonds is 6. The van der Waals surface area contributed by atoms with E-state index < -0.39 is 0 Å². The van der Waals surface area contributed by atoms with Crippen molar-refractivity contribution in [2.75, 3.05) is 6.54 Å². The normalized spacial score (nSPS) is 10.2. The Balaban J connectivity index is 2.01. The minimum atomic E-state index is 0.823. The van der Waals surface area contributed by atoms with Gasteiger partial charge in [0.15, 0.2) is 0 Å². The largest absolute Gasteiger partial charge is 0.284 e. The van der Waals surface area contributed by atoms with Gasteiger partial charge in [-0.3, -0.25) is 4.90 Å². The third-order valence-corrected chi connectivity index (χ3v) is 3.30. The summed E-state index contributed by atoms with van der Waals surface area (Å²) < 4.78 is 0. The third-order valence-electron chi connectivity index (χ3n) is 3.30. The summed E-state index contributed by atoms with van der Waals surface area (Å²) in [5, 5.41) is 0. The van der Waals surface area contributed by atoms with E-state index in [1.165, 1.54) is 11.1 Å². The summed E-state index contributed by atoms with van der Waals surface area (Å²) in [6.07, 6.45) is 2.12. The Bertz CT molecular complexity index is 522. The second-order valence-electron chi connectivity index (χ2n) is 5.22. The van der Waals surface area contributed by atoms with Crippen molar-refractivity contribution in [2.24, 2.45) is 0 Å². The fourth-order valence-electron chi connectivity index (χ4n) is 2.23. The van der Waals surface area contributed by atoms with Crippen molar-refractivity contribution in [3.63, 3.8) is 0 Å². The highest BCUT2D eigenvalue weighted by Crippen LogP contribution is 2.09. The van der Waals surface area contributed by atoms with E-state index in [0.29, 0.717) is 0 Å². The van der Waals surface area contributed by atoms with Crippen LogP contribution in [0.15, 0.2) is 60.7 Å². The van der Waals surface area contributed by atoms with Gasteiger partial charge in [-0.05, 0) is 17.5 Å². The van der Waals surface area contributed by atoms with Gasteiger partial charge >= 0.3 is 0 Å². The molecule has 0 heterocycles. The predicted octanol–water partition coefficient (Wildman–Crippen LogP) is 4.49. The molecule has 0 bridgehead atoms. The number of unbranched alkanes of at least 4 members (excludes halogenated alkanes) is 1. The second-order valence-corrected chi connectivity index (χ2v) is 5.22.